The van der Waals surface area contributed by atoms with Gasteiger partial charge >= 0.3 is 0 Å². The maximum atomic E-state index is 3.25. The van der Waals surface area contributed by atoms with E-state index in [0.717, 1.165) is 5.92 Å². The summed E-state index contributed by atoms with van der Waals surface area (Å²) in [5.74, 6) is 0.884. The first-order chi connectivity index (χ1) is 5.68. The largest absolute Gasteiger partial charge is 0.304 e. The van der Waals surface area contributed by atoms with Crippen LogP contribution in [0.1, 0.15) is 54.9 Å². The summed E-state index contributed by atoms with van der Waals surface area (Å²) < 4.78 is 0. The fourth-order valence-electron chi connectivity index (χ4n) is 0. The lowest BCUT2D eigenvalue weighted by molar-refractivity contribution is 0.626. The van der Waals surface area contributed by atoms with Gasteiger partial charge in [-0.3, -0.25) is 0 Å². The van der Waals surface area contributed by atoms with Crippen molar-refractivity contribution in [3.63, 3.8) is 0 Å². The molecule has 0 saturated carbocycles. The second-order valence-corrected chi connectivity index (χ2v) is 2.12. The highest BCUT2D eigenvalue weighted by Gasteiger charge is 1.80. The van der Waals surface area contributed by atoms with Gasteiger partial charge in [-0.25, -0.2) is 0 Å². The van der Waals surface area contributed by atoms with Gasteiger partial charge in [0.15, 0.2) is 0 Å². The molecule has 78 valence electrons. The van der Waals surface area contributed by atoms with Gasteiger partial charge in [-0.15, -0.1) is 0 Å². The number of hydrogen-bond donors (Lipinski definition) is 0. The quantitative estimate of drug-likeness (QED) is 0.523. The van der Waals surface area contributed by atoms with Gasteiger partial charge in [0.05, 0.1) is 0 Å². The zero-order chi connectivity index (χ0) is 11.0. The van der Waals surface area contributed by atoms with Crippen LogP contribution in [0, 0.1) is 5.92 Å². The van der Waals surface area contributed by atoms with Gasteiger partial charge in [0, 0.05) is 7.05 Å². The van der Waals surface area contributed by atoms with Gasteiger partial charge in [0.25, 0.3) is 0 Å². The molecule has 0 radical (unpaired) electrons. The Labute approximate surface area is 80.3 Å². The molecule has 0 saturated heterocycles. The Balaban J connectivity index is -0.0000000397. The van der Waals surface area contributed by atoms with Crippen LogP contribution in [0.2, 0.25) is 0 Å². The van der Waals surface area contributed by atoms with Crippen molar-refractivity contribution in [3.8, 4) is 0 Å². The van der Waals surface area contributed by atoms with Crippen LogP contribution in [-0.4, -0.2) is 13.8 Å². The molecular formula is C11H29N. The minimum Gasteiger partial charge on any atom is -0.304 e. The monoisotopic (exact) mass is 175 g/mol. The average Bonchev–Trinajstić information content (AvgIpc) is 2.13. The minimum absolute atomic E-state index is 0.884. The molecule has 0 aromatic rings. The molecule has 0 aliphatic carbocycles. The first kappa shape index (κ1) is 22.6. The van der Waals surface area contributed by atoms with Gasteiger partial charge in [-0.1, -0.05) is 54.9 Å². The molecule has 0 bridgehead atoms. The second-order valence-electron chi connectivity index (χ2n) is 2.12. The van der Waals surface area contributed by atoms with Crippen LogP contribution in [0.25, 0.3) is 0 Å². The maximum absolute atomic E-state index is 3.25. The molecule has 0 aliphatic rings. The van der Waals surface area contributed by atoms with Crippen molar-refractivity contribution in [1.29, 1.82) is 0 Å². The van der Waals surface area contributed by atoms with Crippen LogP contribution in [0.15, 0.2) is 4.99 Å². The van der Waals surface area contributed by atoms with Crippen molar-refractivity contribution in [3.05, 3.63) is 0 Å². The van der Waals surface area contributed by atoms with E-state index in [9.17, 15) is 0 Å². The molecule has 0 N–H and O–H groups in total. The van der Waals surface area contributed by atoms with Crippen molar-refractivity contribution >= 4 is 6.72 Å². The summed E-state index contributed by atoms with van der Waals surface area (Å²) in [6, 6.07) is 0. The predicted octanol–water partition coefficient (Wildman–Crippen LogP) is 4.42. The van der Waals surface area contributed by atoms with Crippen molar-refractivity contribution in [2.24, 2.45) is 10.9 Å². The first-order valence-corrected chi connectivity index (χ1v) is 5.03. The topological polar surface area (TPSA) is 12.4 Å². The van der Waals surface area contributed by atoms with Crippen molar-refractivity contribution in [2.75, 3.05) is 7.05 Å². The molecule has 0 unspecified atom stereocenters. The zero-order valence-corrected chi connectivity index (χ0v) is 10.4. The van der Waals surface area contributed by atoms with Crippen LogP contribution in [0.5, 0.6) is 0 Å². The third-order valence-corrected chi connectivity index (χ3v) is 0.816. The highest BCUT2D eigenvalue weighted by atomic mass is 14.6. The van der Waals surface area contributed by atoms with E-state index in [0.29, 0.717) is 0 Å². The molecule has 1 nitrogen and oxygen atoms in total. The van der Waals surface area contributed by atoms with Crippen molar-refractivity contribution in [2.45, 2.75) is 54.9 Å². The summed E-state index contributed by atoms with van der Waals surface area (Å²) in [5, 5.41) is 0. The van der Waals surface area contributed by atoms with Gasteiger partial charge < -0.3 is 4.99 Å². The van der Waals surface area contributed by atoms with Crippen LogP contribution >= 0.6 is 0 Å². The van der Waals surface area contributed by atoms with Crippen LogP contribution in [-0.2, 0) is 0 Å². The Hall–Kier alpha value is -0.330. The Morgan fingerprint density at radius 3 is 1.17 bits per heavy atom. The third-order valence-electron chi connectivity index (χ3n) is 0.816. The van der Waals surface area contributed by atoms with E-state index in [4.69, 9.17) is 0 Å². The molecule has 0 heterocycles. The lowest BCUT2D eigenvalue weighted by Crippen LogP contribution is -1.77. The van der Waals surface area contributed by atoms with E-state index in [2.05, 4.69) is 32.5 Å². The molecule has 0 spiro atoms. The summed E-state index contributed by atoms with van der Waals surface area (Å²) in [6.07, 6.45) is 1.31. The maximum Gasteiger partial charge on any atom is 0.0269 e. The molecule has 0 rings (SSSR count). The normalized spacial score (nSPS) is 6.08. The molecule has 0 fully saturated rings. The average molecular weight is 175 g/mol. The smallest absolute Gasteiger partial charge is 0.0269 e. The number of rotatable bonds is 1. The lowest BCUT2D eigenvalue weighted by Gasteiger charge is -1.90. The highest BCUT2D eigenvalue weighted by Crippen LogP contribution is 1.93. The first-order valence-electron chi connectivity index (χ1n) is 5.03. The van der Waals surface area contributed by atoms with Gasteiger partial charge in [-0.2, -0.15) is 0 Å². The van der Waals surface area contributed by atoms with E-state index in [1.165, 1.54) is 6.42 Å². The van der Waals surface area contributed by atoms with Crippen LogP contribution in [0.4, 0.5) is 0 Å². The van der Waals surface area contributed by atoms with E-state index >= 15 is 0 Å². The zero-order valence-electron chi connectivity index (χ0n) is 10.4. The van der Waals surface area contributed by atoms with E-state index in [1.54, 1.807) is 7.05 Å². The molecular weight excluding hydrogens is 146 g/mol. The minimum atomic E-state index is 0.884. The molecule has 0 atom stereocenters. The van der Waals surface area contributed by atoms with E-state index in [1.807, 2.05) is 27.7 Å². The van der Waals surface area contributed by atoms with Gasteiger partial charge in [0.2, 0.25) is 0 Å². The SMILES string of the molecule is C=NC.CC.CC.CCC(C)C. The second kappa shape index (κ2) is 45.7. The summed E-state index contributed by atoms with van der Waals surface area (Å²) in [4.78, 5) is 3.25. The fraction of sp³-hybridized carbons (Fsp3) is 0.909. The number of nitrogens with zero attached hydrogens (tertiary/aromatic N) is 1. The van der Waals surface area contributed by atoms with Crippen molar-refractivity contribution in [1.82, 2.24) is 0 Å². The standard InChI is InChI=1S/C5H12.C2H5N.2C2H6/c1-4-5(2)3;1-3-2;2*1-2/h5H,4H2,1-3H3;1H2,2H3;2*1-2H3. The summed E-state index contributed by atoms with van der Waals surface area (Å²) in [5.41, 5.74) is 0. The lowest BCUT2D eigenvalue weighted by atomic mass is 10.2. The Bertz CT molecular complexity index is 40.3. The summed E-state index contributed by atoms with van der Waals surface area (Å²) in [6.45, 7) is 17.8. The molecule has 0 aromatic heterocycles. The molecule has 0 aromatic carbocycles. The fourth-order valence-corrected chi connectivity index (χ4v) is 0. The van der Waals surface area contributed by atoms with E-state index in [-0.39, 0.29) is 0 Å². The molecule has 0 amide bonds. The Morgan fingerprint density at radius 2 is 1.17 bits per heavy atom. The molecule has 12 heavy (non-hydrogen) atoms. The van der Waals surface area contributed by atoms with E-state index < -0.39 is 0 Å². The predicted molar refractivity (Wildman–Crippen MR) is 63.3 cm³/mol. The Kier molecular flexibility index (Phi) is 86.1. The molecule has 1 heteroatoms. The Morgan fingerprint density at radius 1 is 1.08 bits per heavy atom. The summed E-state index contributed by atoms with van der Waals surface area (Å²) in [7, 11) is 1.64. The number of hydrogen-bond acceptors (Lipinski definition) is 1. The molecule has 0 aliphatic heterocycles. The van der Waals surface area contributed by atoms with Gasteiger partial charge in [-0.05, 0) is 12.6 Å². The van der Waals surface area contributed by atoms with Crippen LogP contribution < -0.4 is 0 Å². The van der Waals surface area contributed by atoms with Crippen molar-refractivity contribution < 1.29 is 0 Å². The highest BCUT2D eigenvalue weighted by molar-refractivity contribution is 5.22. The van der Waals surface area contributed by atoms with Crippen LogP contribution in [0.3, 0.4) is 0 Å². The number of aliphatic imine (C=N–C) groups is 1. The van der Waals surface area contributed by atoms with Gasteiger partial charge in [0.1, 0.15) is 0 Å². The third kappa shape index (κ3) is 261. The summed E-state index contributed by atoms with van der Waals surface area (Å²) >= 11 is 0.